The summed E-state index contributed by atoms with van der Waals surface area (Å²) < 4.78 is 5.56. The van der Waals surface area contributed by atoms with E-state index in [-0.39, 0.29) is 5.91 Å². The molecular weight excluding hydrogens is 266 g/mol. The molecule has 0 bridgehead atoms. The summed E-state index contributed by atoms with van der Waals surface area (Å²) >= 11 is 5.86. The molecule has 1 unspecified atom stereocenters. The molecule has 0 spiro atoms. The number of nitrogens with zero attached hydrogens (tertiary/aromatic N) is 1. The fourth-order valence-corrected chi connectivity index (χ4v) is 2.28. The van der Waals surface area contributed by atoms with Crippen molar-refractivity contribution in [1.29, 1.82) is 0 Å². The van der Waals surface area contributed by atoms with Gasteiger partial charge in [0.2, 0.25) is 0 Å². The molecular formula is C14H18ClNO3. The van der Waals surface area contributed by atoms with E-state index in [1.807, 2.05) is 6.92 Å². The molecule has 1 fully saturated rings. The van der Waals surface area contributed by atoms with Gasteiger partial charge in [-0.15, -0.1) is 0 Å². The Labute approximate surface area is 117 Å². The number of ether oxygens (including phenoxy) is 1. The number of β-amino-alcohol motifs (C(OH)–C–C–N with tert-alkyl or cyclic N) is 1. The van der Waals surface area contributed by atoms with E-state index in [4.69, 9.17) is 16.3 Å². The van der Waals surface area contributed by atoms with Gasteiger partial charge in [-0.25, -0.2) is 0 Å². The molecule has 0 aliphatic carbocycles. The van der Waals surface area contributed by atoms with Gasteiger partial charge >= 0.3 is 0 Å². The van der Waals surface area contributed by atoms with Crippen molar-refractivity contribution in [3.8, 4) is 5.75 Å². The summed E-state index contributed by atoms with van der Waals surface area (Å²) in [5, 5.41) is 10.5. The molecule has 4 nitrogen and oxygen atoms in total. The average molecular weight is 284 g/mol. The molecule has 19 heavy (non-hydrogen) atoms. The van der Waals surface area contributed by atoms with E-state index in [9.17, 15) is 9.90 Å². The smallest absolute Gasteiger partial charge is 0.263 e. The van der Waals surface area contributed by atoms with Crippen LogP contribution in [0.2, 0.25) is 5.02 Å². The van der Waals surface area contributed by atoms with Gasteiger partial charge in [0.25, 0.3) is 5.91 Å². The molecule has 1 aliphatic heterocycles. The number of carbonyl (C=O) groups excluding carboxylic acids is 1. The highest BCUT2D eigenvalue weighted by Gasteiger charge is 2.43. The third-order valence-corrected chi connectivity index (χ3v) is 3.63. The van der Waals surface area contributed by atoms with E-state index < -0.39 is 11.7 Å². The third-order valence-electron chi connectivity index (χ3n) is 3.40. The lowest BCUT2D eigenvalue weighted by molar-refractivity contribution is -0.162. The standard InChI is InChI=1S/C14H18ClNO3/c1-3-14(18)8-16(9-14)13(17)10(2)19-12-6-4-5-11(15)7-12/h4-7,10,18H,3,8-9H2,1-2H3. The molecule has 1 atom stereocenters. The van der Waals surface area contributed by atoms with Crippen molar-refractivity contribution in [2.24, 2.45) is 0 Å². The van der Waals surface area contributed by atoms with Crippen molar-refractivity contribution in [2.45, 2.75) is 32.0 Å². The normalized spacial score (nSPS) is 18.6. The highest BCUT2D eigenvalue weighted by atomic mass is 35.5. The maximum absolute atomic E-state index is 12.1. The second-order valence-electron chi connectivity index (χ2n) is 4.99. The number of hydrogen-bond donors (Lipinski definition) is 1. The van der Waals surface area contributed by atoms with Crippen LogP contribution in [-0.2, 0) is 4.79 Å². The maximum Gasteiger partial charge on any atom is 0.263 e. The molecule has 0 saturated carbocycles. The van der Waals surface area contributed by atoms with Crippen LogP contribution in [0.25, 0.3) is 0 Å². The van der Waals surface area contributed by atoms with Crippen LogP contribution in [0.1, 0.15) is 20.3 Å². The fraction of sp³-hybridized carbons (Fsp3) is 0.500. The van der Waals surface area contributed by atoms with Gasteiger partial charge in [0.1, 0.15) is 5.75 Å². The van der Waals surface area contributed by atoms with Crippen molar-refractivity contribution in [3.63, 3.8) is 0 Å². The summed E-state index contributed by atoms with van der Waals surface area (Å²) in [7, 11) is 0. The van der Waals surface area contributed by atoms with E-state index in [1.54, 1.807) is 36.1 Å². The summed E-state index contributed by atoms with van der Waals surface area (Å²) in [6, 6.07) is 6.95. The highest BCUT2D eigenvalue weighted by molar-refractivity contribution is 6.30. The van der Waals surface area contributed by atoms with Gasteiger partial charge in [-0.1, -0.05) is 24.6 Å². The Bertz CT molecular complexity index is 472. The van der Waals surface area contributed by atoms with Gasteiger partial charge < -0.3 is 14.7 Å². The molecule has 104 valence electrons. The van der Waals surface area contributed by atoms with E-state index >= 15 is 0 Å². The van der Waals surface area contributed by atoms with Crippen molar-refractivity contribution in [1.82, 2.24) is 4.90 Å². The topological polar surface area (TPSA) is 49.8 Å². The van der Waals surface area contributed by atoms with Crippen molar-refractivity contribution in [3.05, 3.63) is 29.3 Å². The second kappa shape index (κ2) is 5.39. The van der Waals surface area contributed by atoms with E-state index in [0.29, 0.717) is 30.3 Å². The summed E-state index contributed by atoms with van der Waals surface area (Å²) in [4.78, 5) is 13.7. The van der Waals surface area contributed by atoms with Crippen molar-refractivity contribution >= 4 is 17.5 Å². The zero-order chi connectivity index (χ0) is 14.0. The molecule has 1 aliphatic rings. The molecule has 1 amide bonds. The Morgan fingerprint density at radius 3 is 2.84 bits per heavy atom. The van der Waals surface area contributed by atoms with Crippen LogP contribution in [0.4, 0.5) is 0 Å². The predicted molar refractivity (Wildman–Crippen MR) is 73.4 cm³/mol. The fourth-order valence-electron chi connectivity index (χ4n) is 2.10. The largest absolute Gasteiger partial charge is 0.481 e. The first-order valence-corrected chi connectivity index (χ1v) is 6.75. The van der Waals surface area contributed by atoms with Crippen LogP contribution >= 0.6 is 11.6 Å². The third kappa shape index (κ3) is 3.19. The number of carbonyl (C=O) groups is 1. The lowest BCUT2D eigenvalue weighted by Crippen LogP contribution is -2.64. The van der Waals surface area contributed by atoms with Gasteiger partial charge in [0.05, 0.1) is 18.7 Å². The van der Waals surface area contributed by atoms with Gasteiger partial charge in [0.15, 0.2) is 6.10 Å². The average Bonchev–Trinajstić information content (AvgIpc) is 2.34. The molecule has 1 saturated heterocycles. The number of amides is 1. The van der Waals surface area contributed by atoms with Crippen LogP contribution in [0.3, 0.4) is 0 Å². The molecule has 1 heterocycles. The van der Waals surface area contributed by atoms with Crippen molar-refractivity contribution < 1.29 is 14.6 Å². The van der Waals surface area contributed by atoms with Gasteiger partial charge in [-0.3, -0.25) is 4.79 Å². The molecule has 1 aromatic carbocycles. The van der Waals surface area contributed by atoms with E-state index in [1.165, 1.54) is 0 Å². The zero-order valence-corrected chi connectivity index (χ0v) is 11.9. The van der Waals surface area contributed by atoms with Crippen LogP contribution in [0.15, 0.2) is 24.3 Å². The van der Waals surface area contributed by atoms with E-state index in [0.717, 1.165) is 0 Å². The minimum absolute atomic E-state index is 0.113. The predicted octanol–water partition coefficient (Wildman–Crippen LogP) is 2.09. The number of halogens is 1. The summed E-state index contributed by atoms with van der Waals surface area (Å²) in [6.07, 6.45) is 0.0696. The molecule has 1 N–H and O–H groups in total. The molecule has 1 aromatic rings. The first-order valence-electron chi connectivity index (χ1n) is 6.37. The SMILES string of the molecule is CCC1(O)CN(C(=O)C(C)Oc2cccc(Cl)c2)C1. The summed E-state index contributed by atoms with van der Waals surface area (Å²) in [5.41, 5.74) is -0.717. The van der Waals surface area contributed by atoms with Crippen LogP contribution in [0.5, 0.6) is 5.75 Å². The Balaban J connectivity index is 1.90. The minimum Gasteiger partial charge on any atom is -0.481 e. The van der Waals surface area contributed by atoms with Crippen LogP contribution in [-0.4, -0.2) is 40.7 Å². The number of hydrogen-bond acceptors (Lipinski definition) is 3. The molecule has 0 radical (unpaired) electrons. The maximum atomic E-state index is 12.1. The van der Waals surface area contributed by atoms with Crippen LogP contribution < -0.4 is 4.74 Å². The monoisotopic (exact) mass is 283 g/mol. The molecule has 5 heteroatoms. The number of likely N-dealkylation sites (tertiary alicyclic amines) is 1. The zero-order valence-electron chi connectivity index (χ0n) is 11.1. The first-order chi connectivity index (χ1) is 8.93. The minimum atomic E-state index is -0.717. The van der Waals surface area contributed by atoms with Gasteiger partial charge in [-0.2, -0.15) is 0 Å². The number of rotatable bonds is 4. The highest BCUT2D eigenvalue weighted by Crippen LogP contribution is 2.25. The van der Waals surface area contributed by atoms with Gasteiger partial charge in [-0.05, 0) is 31.5 Å². The van der Waals surface area contributed by atoms with Crippen LogP contribution in [0, 0.1) is 0 Å². The quantitative estimate of drug-likeness (QED) is 0.920. The first kappa shape index (κ1) is 14.2. The lowest BCUT2D eigenvalue weighted by atomic mass is 9.91. The Kier molecular flexibility index (Phi) is 4.02. The van der Waals surface area contributed by atoms with Gasteiger partial charge in [0, 0.05) is 5.02 Å². The Morgan fingerprint density at radius 2 is 2.26 bits per heavy atom. The lowest BCUT2D eigenvalue weighted by Gasteiger charge is -2.46. The Hall–Kier alpha value is -1.26. The van der Waals surface area contributed by atoms with E-state index in [2.05, 4.69) is 0 Å². The summed E-state index contributed by atoms with van der Waals surface area (Å²) in [6.45, 7) is 4.37. The van der Waals surface area contributed by atoms with Crippen molar-refractivity contribution in [2.75, 3.05) is 13.1 Å². The second-order valence-corrected chi connectivity index (χ2v) is 5.43. The molecule has 2 rings (SSSR count). The summed E-state index contributed by atoms with van der Waals surface area (Å²) in [5.74, 6) is 0.456. The number of aliphatic hydroxyl groups is 1. The molecule has 0 aromatic heterocycles. The Morgan fingerprint density at radius 1 is 1.58 bits per heavy atom. The number of benzene rings is 1.